The molecule has 1 fully saturated rings. The zero-order chi connectivity index (χ0) is 13.5. The Hall–Kier alpha value is -1.04. The van der Waals surface area contributed by atoms with Crippen LogP contribution in [0.3, 0.4) is 0 Å². The van der Waals surface area contributed by atoms with Crippen LogP contribution in [0, 0.1) is 0 Å². The van der Waals surface area contributed by atoms with E-state index in [2.05, 4.69) is 5.32 Å². The molecule has 0 aromatic carbocycles. The number of nitrogens with one attached hydrogen (secondary N) is 1. The van der Waals surface area contributed by atoms with Crippen LogP contribution in [0.1, 0.15) is 33.1 Å². The summed E-state index contributed by atoms with van der Waals surface area (Å²) in [6.45, 7) is 4.77. The van der Waals surface area contributed by atoms with Gasteiger partial charge in [0.2, 0.25) is 17.7 Å². The molecule has 0 aromatic rings. The SMILES string of the molecule is CCCNC(=O)CCN1C(=O)CC(SCC)C1=O. The first kappa shape index (κ1) is 15.0. The summed E-state index contributed by atoms with van der Waals surface area (Å²) in [7, 11) is 0. The smallest absolute Gasteiger partial charge is 0.242 e. The Balaban J connectivity index is 2.40. The van der Waals surface area contributed by atoms with Gasteiger partial charge >= 0.3 is 0 Å². The summed E-state index contributed by atoms with van der Waals surface area (Å²) in [5.74, 6) is 0.405. The van der Waals surface area contributed by atoms with E-state index >= 15 is 0 Å². The van der Waals surface area contributed by atoms with E-state index in [1.807, 2.05) is 13.8 Å². The molecule has 1 N–H and O–H groups in total. The van der Waals surface area contributed by atoms with Gasteiger partial charge in [-0.1, -0.05) is 13.8 Å². The molecule has 0 aliphatic carbocycles. The van der Waals surface area contributed by atoms with Crippen LogP contribution in [0.15, 0.2) is 0 Å². The largest absolute Gasteiger partial charge is 0.356 e. The Morgan fingerprint density at radius 1 is 1.44 bits per heavy atom. The molecule has 1 aliphatic rings. The zero-order valence-electron chi connectivity index (χ0n) is 10.9. The van der Waals surface area contributed by atoms with Gasteiger partial charge in [-0.15, -0.1) is 11.8 Å². The summed E-state index contributed by atoms with van der Waals surface area (Å²) in [6.07, 6.45) is 1.34. The first-order valence-electron chi connectivity index (χ1n) is 6.32. The van der Waals surface area contributed by atoms with Crippen molar-refractivity contribution in [3.63, 3.8) is 0 Å². The van der Waals surface area contributed by atoms with Gasteiger partial charge in [0.1, 0.15) is 0 Å². The maximum atomic E-state index is 11.9. The summed E-state index contributed by atoms with van der Waals surface area (Å²) >= 11 is 1.49. The molecule has 1 saturated heterocycles. The summed E-state index contributed by atoms with van der Waals surface area (Å²) in [5.41, 5.74) is 0. The third kappa shape index (κ3) is 4.01. The highest BCUT2D eigenvalue weighted by atomic mass is 32.2. The first-order valence-corrected chi connectivity index (χ1v) is 7.37. The van der Waals surface area contributed by atoms with Crippen LogP contribution in [-0.2, 0) is 14.4 Å². The van der Waals surface area contributed by atoms with Crippen molar-refractivity contribution >= 4 is 29.5 Å². The lowest BCUT2D eigenvalue weighted by molar-refractivity contribution is -0.138. The van der Waals surface area contributed by atoms with Crippen molar-refractivity contribution in [2.45, 2.75) is 38.4 Å². The summed E-state index contributed by atoms with van der Waals surface area (Å²) in [5, 5.41) is 2.48. The number of thioether (sulfide) groups is 1. The average molecular weight is 272 g/mol. The molecule has 102 valence electrons. The van der Waals surface area contributed by atoms with Crippen molar-refractivity contribution in [2.24, 2.45) is 0 Å². The van der Waals surface area contributed by atoms with E-state index in [4.69, 9.17) is 0 Å². The molecule has 5 nitrogen and oxygen atoms in total. The predicted molar refractivity (Wildman–Crippen MR) is 71.2 cm³/mol. The molecule has 1 atom stereocenters. The van der Waals surface area contributed by atoms with Crippen LogP contribution < -0.4 is 5.32 Å². The van der Waals surface area contributed by atoms with E-state index in [-0.39, 0.29) is 42.4 Å². The second-order valence-corrected chi connectivity index (χ2v) is 5.61. The normalized spacial score (nSPS) is 19.4. The van der Waals surface area contributed by atoms with Gasteiger partial charge in [-0.3, -0.25) is 19.3 Å². The quantitative estimate of drug-likeness (QED) is 0.696. The molecule has 1 heterocycles. The molecular formula is C12H20N2O3S. The van der Waals surface area contributed by atoms with Crippen molar-refractivity contribution in [2.75, 3.05) is 18.8 Å². The van der Waals surface area contributed by atoms with Gasteiger partial charge < -0.3 is 5.32 Å². The van der Waals surface area contributed by atoms with Crippen molar-refractivity contribution in [3.8, 4) is 0 Å². The van der Waals surface area contributed by atoms with Crippen molar-refractivity contribution < 1.29 is 14.4 Å². The van der Waals surface area contributed by atoms with E-state index in [0.717, 1.165) is 12.2 Å². The molecule has 0 bridgehead atoms. The number of hydrogen-bond acceptors (Lipinski definition) is 4. The average Bonchev–Trinajstić information content (AvgIpc) is 2.60. The van der Waals surface area contributed by atoms with Gasteiger partial charge in [0, 0.05) is 25.9 Å². The van der Waals surface area contributed by atoms with Gasteiger partial charge in [0.25, 0.3) is 0 Å². The Morgan fingerprint density at radius 2 is 2.17 bits per heavy atom. The van der Waals surface area contributed by atoms with Gasteiger partial charge in [0.05, 0.1) is 5.25 Å². The standard InChI is InChI=1S/C12H20N2O3S/c1-3-6-13-10(15)5-7-14-11(16)8-9(12(14)17)18-4-2/h9H,3-8H2,1-2H3,(H,13,15). The third-order valence-electron chi connectivity index (χ3n) is 2.71. The molecule has 0 spiro atoms. The highest BCUT2D eigenvalue weighted by molar-refractivity contribution is 8.00. The van der Waals surface area contributed by atoms with Gasteiger partial charge in [-0.25, -0.2) is 0 Å². The van der Waals surface area contributed by atoms with E-state index in [9.17, 15) is 14.4 Å². The van der Waals surface area contributed by atoms with E-state index in [0.29, 0.717) is 6.54 Å². The molecule has 3 amide bonds. The highest BCUT2D eigenvalue weighted by Gasteiger charge is 2.38. The third-order valence-corrected chi connectivity index (χ3v) is 3.81. The molecule has 1 aliphatic heterocycles. The summed E-state index contributed by atoms with van der Waals surface area (Å²) < 4.78 is 0. The second-order valence-electron chi connectivity index (χ2n) is 4.13. The molecule has 6 heteroatoms. The maximum absolute atomic E-state index is 11.9. The fourth-order valence-electron chi connectivity index (χ4n) is 1.79. The fraction of sp³-hybridized carbons (Fsp3) is 0.750. The van der Waals surface area contributed by atoms with Crippen LogP contribution in [0.2, 0.25) is 0 Å². The predicted octanol–water partition coefficient (Wildman–Crippen LogP) is 0.783. The van der Waals surface area contributed by atoms with Gasteiger partial charge in [-0.05, 0) is 12.2 Å². The minimum atomic E-state index is -0.249. The van der Waals surface area contributed by atoms with Crippen LogP contribution in [0.5, 0.6) is 0 Å². The molecular weight excluding hydrogens is 252 g/mol. The second kappa shape index (κ2) is 7.41. The van der Waals surface area contributed by atoms with E-state index < -0.39 is 0 Å². The highest BCUT2D eigenvalue weighted by Crippen LogP contribution is 2.24. The van der Waals surface area contributed by atoms with Crippen molar-refractivity contribution in [1.29, 1.82) is 0 Å². The number of carbonyl (C=O) groups is 3. The number of hydrogen-bond donors (Lipinski definition) is 1. The lowest BCUT2D eigenvalue weighted by Gasteiger charge is -2.14. The first-order chi connectivity index (χ1) is 8.60. The van der Waals surface area contributed by atoms with E-state index in [1.165, 1.54) is 16.7 Å². The lowest BCUT2D eigenvalue weighted by atomic mass is 10.3. The van der Waals surface area contributed by atoms with Crippen molar-refractivity contribution in [3.05, 3.63) is 0 Å². The number of nitrogens with zero attached hydrogens (tertiary/aromatic N) is 1. The topological polar surface area (TPSA) is 66.5 Å². The number of imide groups is 1. The van der Waals surface area contributed by atoms with Gasteiger partial charge in [0.15, 0.2) is 0 Å². The molecule has 1 rings (SSSR count). The molecule has 0 saturated carbocycles. The fourth-order valence-corrected chi connectivity index (χ4v) is 2.72. The Kier molecular flexibility index (Phi) is 6.18. The van der Waals surface area contributed by atoms with Gasteiger partial charge in [-0.2, -0.15) is 0 Å². The monoisotopic (exact) mass is 272 g/mol. The Bertz CT molecular complexity index is 333. The van der Waals surface area contributed by atoms with Crippen LogP contribution in [0.25, 0.3) is 0 Å². The molecule has 1 unspecified atom stereocenters. The van der Waals surface area contributed by atoms with Crippen LogP contribution in [-0.4, -0.2) is 46.7 Å². The minimum absolute atomic E-state index is 0.107. The summed E-state index contributed by atoms with van der Waals surface area (Å²) in [6, 6.07) is 0. The van der Waals surface area contributed by atoms with Crippen LogP contribution >= 0.6 is 11.8 Å². The maximum Gasteiger partial charge on any atom is 0.242 e. The number of likely N-dealkylation sites (tertiary alicyclic amines) is 1. The molecule has 18 heavy (non-hydrogen) atoms. The Morgan fingerprint density at radius 3 is 2.78 bits per heavy atom. The van der Waals surface area contributed by atoms with Crippen LogP contribution in [0.4, 0.5) is 0 Å². The minimum Gasteiger partial charge on any atom is -0.356 e. The lowest BCUT2D eigenvalue weighted by Crippen LogP contribution is -2.35. The number of carbonyl (C=O) groups excluding carboxylic acids is 3. The zero-order valence-corrected chi connectivity index (χ0v) is 11.7. The summed E-state index contributed by atoms with van der Waals surface area (Å²) in [4.78, 5) is 36.2. The van der Waals surface area contributed by atoms with Crippen molar-refractivity contribution in [1.82, 2.24) is 10.2 Å². The van der Waals surface area contributed by atoms with E-state index in [1.54, 1.807) is 0 Å². The Labute approximate surface area is 112 Å². The molecule has 0 aromatic heterocycles. The number of amides is 3. The molecule has 0 radical (unpaired) electrons. The number of rotatable bonds is 7.